The van der Waals surface area contributed by atoms with E-state index in [0.29, 0.717) is 17.6 Å². The number of hydrogen-bond donors (Lipinski definition) is 0. The van der Waals surface area contributed by atoms with Crippen molar-refractivity contribution in [3.8, 4) is 0 Å². The number of phosphoric ester groups is 1. The third-order valence-electron chi connectivity index (χ3n) is 5.83. The number of hydrogen-bond acceptors (Lipinski definition) is 7. The van der Waals surface area contributed by atoms with Crippen LogP contribution in [0.25, 0.3) is 0 Å². The Morgan fingerprint density at radius 2 is 1.33 bits per heavy atom. The van der Waals surface area contributed by atoms with Crippen LogP contribution in [0.5, 0.6) is 0 Å². The molecule has 0 spiro atoms. The Hall–Kier alpha value is -0.760. The maximum Gasteiger partial charge on any atom is 0.330 e. The minimum Gasteiger partial charge on any atom is -0.756 e. The zero-order chi connectivity index (χ0) is 27.1. The van der Waals surface area contributed by atoms with Gasteiger partial charge in [0.05, 0.1) is 34.4 Å². The molecule has 36 heavy (non-hydrogen) atoms. The molecule has 0 aliphatic heterocycles. The number of ether oxygens (including phenoxy) is 2. The van der Waals surface area contributed by atoms with Crippen LogP contribution >= 0.6 is 7.82 Å². The average molecular weight is 536 g/mol. The van der Waals surface area contributed by atoms with E-state index >= 15 is 0 Å². The van der Waals surface area contributed by atoms with Crippen molar-refractivity contribution < 1.29 is 37.3 Å². The van der Waals surface area contributed by atoms with Gasteiger partial charge in [0.1, 0.15) is 19.3 Å². The summed E-state index contributed by atoms with van der Waals surface area (Å²) in [4.78, 5) is 23.5. The van der Waals surface area contributed by atoms with E-state index < -0.39 is 19.9 Å². The molecule has 214 valence electrons. The zero-order valence-electron chi connectivity index (χ0n) is 23.5. The van der Waals surface area contributed by atoms with Gasteiger partial charge in [0.2, 0.25) is 0 Å². The lowest BCUT2D eigenvalue weighted by Crippen LogP contribution is -2.37. The molecular formula is C27H54NO7P. The molecular weight excluding hydrogens is 481 g/mol. The van der Waals surface area contributed by atoms with Crippen molar-refractivity contribution in [3.05, 3.63) is 12.7 Å². The molecule has 0 rings (SSSR count). The first-order valence-electron chi connectivity index (χ1n) is 13.9. The fourth-order valence-electron chi connectivity index (χ4n) is 3.58. The van der Waals surface area contributed by atoms with E-state index in [1.807, 2.05) is 21.1 Å². The van der Waals surface area contributed by atoms with E-state index in [4.69, 9.17) is 18.5 Å². The Morgan fingerprint density at radius 1 is 0.833 bits per heavy atom. The molecule has 0 aliphatic carbocycles. The fraction of sp³-hybridized carbons (Fsp3) is 0.889. The highest BCUT2D eigenvalue weighted by atomic mass is 31.2. The lowest BCUT2D eigenvalue weighted by molar-refractivity contribution is -0.870. The van der Waals surface area contributed by atoms with Crippen LogP contribution in [0, 0.1) is 0 Å². The van der Waals surface area contributed by atoms with E-state index in [1.54, 1.807) is 0 Å². The average Bonchev–Trinajstić information content (AvgIpc) is 2.81. The predicted molar refractivity (Wildman–Crippen MR) is 144 cm³/mol. The van der Waals surface area contributed by atoms with E-state index in [-0.39, 0.29) is 19.8 Å². The van der Waals surface area contributed by atoms with Crippen molar-refractivity contribution in [2.75, 3.05) is 54.1 Å². The second-order valence-corrected chi connectivity index (χ2v) is 11.9. The van der Waals surface area contributed by atoms with Gasteiger partial charge in [-0.2, -0.15) is 0 Å². The summed E-state index contributed by atoms with van der Waals surface area (Å²) in [6.45, 7) is 6.36. The maximum absolute atomic E-state index is 12.0. The molecule has 0 aromatic carbocycles. The Morgan fingerprint density at radius 3 is 1.81 bits per heavy atom. The standard InChI is InChI=1S/C27H54NO7P/c1-6-8-9-10-11-12-13-14-15-16-17-18-19-20-22-32-24-26(35-27(29)7-2)25-34-36(30,31)33-23-21-28(3,4)5/h7,26H,2,6,8-25H2,1,3-5H3. The van der Waals surface area contributed by atoms with Crippen molar-refractivity contribution in [3.63, 3.8) is 0 Å². The lowest BCUT2D eigenvalue weighted by Gasteiger charge is -2.28. The number of esters is 1. The van der Waals surface area contributed by atoms with Gasteiger partial charge in [-0.1, -0.05) is 97.0 Å². The molecule has 9 heteroatoms. The minimum absolute atomic E-state index is 0.0109. The first-order valence-corrected chi connectivity index (χ1v) is 15.4. The second-order valence-electron chi connectivity index (χ2n) is 10.5. The normalized spacial score (nSPS) is 14.4. The Kier molecular flexibility index (Phi) is 21.8. The largest absolute Gasteiger partial charge is 0.756 e. The van der Waals surface area contributed by atoms with E-state index in [0.717, 1.165) is 18.9 Å². The number of quaternary nitrogens is 1. The molecule has 8 nitrogen and oxygen atoms in total. The van der Waals surface area contributed by atoms with Crippen molar-refractivity contribution in [2.24, 2.45) is 0 Å². The van der Waals surface area contributed by atoms with Gasteiger partial charge in [0.25, 0.3) is 7.82 Å². The van der Waals surface area contributed by atoms with Crippen LogP contribution in [-0.2, 0) is 27.9 Å². The van der Waals surface area contributed by atoms with Crippen molar-refractivity contribution in [1.29, 1.82) is 0 Å². The van der Waals surface area contributed by atoms with Crippen LogP contribution in [-0.4, -0.2) is 70.7 Å². The molecule has 2 atom stereocenters. The molecule has 0 fully saturated rings. The first-order chi connectivity index (χ1) is 17.1. The highest BCUT2D eigenvalue weighted by Crippen LogP contribution is 2.38. The molecule has 0 saturated heterocycles. The van der Waals surface area contributed by atoms with Crippen LogP contribution in [0.15, 0.2) is 12.7 Å². The van der Waals surface area contributed by atoms with Gasteiger partial charge in [-0.15, -0.1) is 0 Å². The van der Waals surface area contributed by atoms with Crippen molar-refractivity contribution >= 4 is 13.8 Å². The minimum atomic E-state index is -4.49. The quantitative estimate of drug-likeness (QED) is 0.0455. The zero-order valence-corrected chi connectivity index (χ0v) is 24.4. The summed E-state index contributed by atoms with van der Waals surface area (Å²) in [5.74, 6) is -0.657. The molecule has 0 aromatic rings. The van der Waals surface area contributed by atoms with Gasteiger partial charge in [-0.05, 0) is 6.42 Å². The number of carbonyl (C=O) groups is 1. The molecule has 0 amide bonds. The third kappa shape index (κ3) is 24.9. The number of nitrogens with zero attached hydrogens (tertiary/aromatic N) is 1. The van der Waals surface area contributed by atoms with Gasteiger partial charge in [0.15, 0.2) is 0 Å². The Balaban J connectivity index is 3.88. The topological polar surface area (TPSA) is 94.1 Å². The van der Waals surface area contributed by atoms with E-state index in [9.17, 15) is 14.3 Å². The summed E-state index contributed by atoms with van der Waals surface area (Å²) in [5, 5.41) is 0. The molecule has 0 saturated carbocycles. The summed E-state index contributed by atoms with van der Waals surface area (Å²) >= 11 is 0. The SMILES string of the molecule is C=CC(=O)OC(COCCCCCCCCCCCCCCCC)COP(=O)([O-])OCC[N+](C)(C)C. The van der Waals surface area contributed by atoms with Gasteiger partial charge in [-0.25, -0.2) is 4.79 Å². The summed E-state index contributed by atoms with van der Waals surface area (Å²) in [6.07, 6.45) is 18.2. The highest BCUT2D eigenvalue weighted by Gasteiger charge is 2.19. The molecule has 0 radical (unpaired) electrons. The maximum atomic E-state index is 12.0. The summed E-state index contributed by atoms with van der Waals surface area (Å²) in [5.41, 5.74) is 0. The van der Waals surface area contributed by atoms with Crippen LogP contribution in [0.3, 0.4) is 0 Å². The molecule has 2 unspecified atom stereocenters. The lowest BCUT2D eigenvalue weighted by atomic mass is 10.0. The first kappa shape index (κ1) is 35.2. The summed E-state index contributed by atoms with van der Waals surface area (Å²) < 4.78 is 33.1. The Labute approximate surface area is 220 Å². The summed E-state index contributed by atoms with van der Waals surface area (Å²) in [7, 11) is 1.30. The molecule has 0 heterocycles. The molecule has 0 bridgehead atoms. The van der Waals surface area contributed by atoms with Crippen LogP contribution in [0.2, 0.25) is 0 Å². The number of carbonyl (C=O) groups excluding carboxylic acids is 1. The van der Waals surface area contributed by atoms with Gasteiger partial charge in [-0.3, -0.25) is 4.57 Å². The Bertz CT molecular complexity index is 595. The summed E-state index contributed by atoms with van der Waals surface area (Å²) in [6, 6.07) is 0. The van der Waals surface area contributed by atoms with Gasteiger partial charge in [0, 0.05) is 12.7 Å². The fourth-order valence-corrected chi connectivity index (χ4v) is 4.31. The number of likely N-dealkylation sites (N-methyl/N-ethyl adjacent to an activating group) is 1. The smallest absolute Gasteiger partial charge is 0.330 e. The van der Waals surface area contributed by atoms with Crippen molar-refractivity contribution in [1.82, 2.24) is 0 Å². The van der Waals surface area contributed by atoms with Crippen LogP contribution in [0.4, 0.5) is 0 Å². The number of rotatable bonds is 26. The van der Waals surface area contributed by atoms with Crippen LogP contribution < -0.4 is 4.89 Å². The number of phosphoric acid groups is 1. The molecule has 0 aliphatic rings. The van der Waals surface area contributed by atoms with Gasteiger partial charge < -0.3 is 27.9 Å². The molecule has 0 aromatic heterocycles. The van der Waals surface area contributed by atoms with E-state index in [1.165, 1.54) is 77.0 Å². The molecule has 0 N–H and O–H groups in total. The highest BCUT2D eigenvalue weighted by molar-refractivity contribution is 7.45. The second kappa shape index (κ2) is 22.2. The predicted octanol–water partition coefficient (Wildman–Crippen LogP) is 5.79. The van der Waals surface area contributed by atoms with Gasteiger partial charge >= 0.3 is 5.97 Å². The third-order valence-corrected chi connectivity index (χ3v) is 6.79. The van der Waals surface area contributed by atoms with E-state index in [2.05, 4.69) is 13.5 Å². The monoisotopic (exact) mass is 535 g/mol. The van der Waals surface area contributed by atoms with Crippen LogP contribution in [0.1, 0.15) is 96.8 Å². The van der Waals surface area contributed by atoms with Crippen molar-refractivity contribution in [2.45, 2.75) is 103 Å². The number of unbranched alkanes of at least 4 members (excludes halogenated alkanes) is 13.